The summed E-state index contributed by atoms with van der Waals surface area (Å²) in [6.45, 7) is 1.84. The quantitative estimate of drug-likeness (QED) is 0.247. The van der Waals surface area contributed by atoms with Gasteiger partial charge in [-0.2, -0.15) is 0 Å². The highest BCUT2D eigenvalue weighted by molar-refractivity contribution is 7.92. The van der Waals surface area contributed by atoms with Crippen molar-refractivity contribution in [2.24, 2.45) is 11.8 Å². The molecule has 4 aromatic rings. The van der Waals surface area contributed by atoms with Crippen molar-refractivity contribution in [3.63, 3.8) is 0 Å². The van der Waals surface area contributed by atoms with Crippen molar-refractivity contribution in [2.45, 2.75) is 54.7 Å². The fraction of sp³-hybridized carbons (Fsp3) is 0.424. The first-order valence-corrected chi connectivity index (χ1v) is 20.7. The van der Waals surface area contributed by atoms with Gasteiger partial charge in [0.2, 0.25) is 5.95 Å². The van der Waals surface area contributed by atoms with Crippen molar-refractivity contribution in [1.29, 1.82) is 0 Å². The Morgan fingerprint density at radius 3 is 2.20 bits per heavy atom. The summed E-state index contributed by atoms with van der Waals surface area (Å²) in [5, 5.41) is 3.98. The summed E-state index contributed by atoms with van der Waals surface area (Å²) in [4.78, 5) is 18.3. The second kappa shape index (κ2) is 11.6. The number of thiazole rings is 1. The van der Waals surface area contributed by atoms with E-state index in [0.717, 1.165) is 44.1 Å². The van der Waals surface area contributed by atoms with Gasteiger partial charge in [-0.25, -0.2) is 45.0 Å². The summed E-state index contributed by atoms with van der Waals surface area (Å²) in [6, 6.07) is 9.53. The Kier molecular flexibility index (Phi) is 7.46. The molecule has 5 fully saturated rings. The number of fused-ring (bicyclic) bond motifs is 3. The number of likely N-dealkylation sites (tertiary alicyclic amines) is 1. The summed E-state index contributed by atoms with van der Waals surface area (Å²) < 4.78 is 97.5. The minimum atomic E-state index is -4.85. The SMILES string of the molecule is O=S1(=O)C[C@@H]2[C@H](C1)[C@H]2Nc1nccc(-c2sc(N3C4CCC3CN(C3CC3)C4)nc2-c2cccc(NS(=O)(=O)c3c(F)cccc3F)c2F)n1. The number of piperazine rings is 1. The monoisotopic (exact) mass is 743 g/mol. The molecule has 2 aromatic heterocycles. The second-order valence-electron chi connectivity index (χ2n) is 13.8. The summed E-state index contributed by atoms with van der Waals surface area (Å²) in [7, 11) is -7.87. The van der Waals surface area contributed by atoms with Gasteiger partial charge in [0, 0.05) is 49.0 Å². The van der Waals surface area contributed by atoms with Crippen molar-refractivity contribution >= 4 is 48.0 Å². The van der Waals surface area contributed by atoms with E-state index in [1.54, 1.807) is 12.3 Å². The predicted molar refractivity (Wildman–Crippen MR) is 183 cm³/mol. The lowest BCUT2D eigenvalue weighted by molar-refractivity contribution is 0.210. The van der Waals surface area contributed by atoms with E-state index in [4.69, 9.17) is 9.97 Å². The van der Waals surface area contributed by atoms with Gasteiger partial charge in [-0.05, 0) is 67.9 Å². The first-order valence-electron chi connectivity index (χ1n) is 16.5. The number of anilines is 3. The average molecular weight is 744 g/mol. The van der Waals surface area contributed by atoms with Crippen LogP contribution in [-0.4, -0.2) is 85.5 Å². The van der Waals surface area contributed by atoms with Crippen LogP contribution in [0.25, 0.3) is 21.8 Å². The Balaban J connectivity index is 1.09. The number of sulfone groups is 1. The number of benzene rings is 2. The average Bonchev–Trinajstić information content (AvgIpc) is 3.89. The Labute approximate surface area is 290 Å². The van der Waals surface area contributed by atoms with Crippen molar-refractivity contribution < 1.29 is 30.0 Å². The molecule has 2 saturated carbocycles. The molecule has 5 aliphatic rings. The molecule has 9 rings (SSSR count). The van der Waals surface area contributed by atoms with E-state index in [1.807, 2.05) is 4.72 Å². The third-order valence-electron chi connectivity index (χ3n) is 10.5. The molecule has 0 spiro atoms. The van der Waals surface area contributed by atoms with E-state index in [0.29, 0.717) is 27.7 Å². The molecule has 5 heterocycles. The largest absolute Gasteiger partial charge is 0.351 e. The van der Waals surface area contributed by atoms with Crippen molar-refractivity contribution in [1.82, 2.24) is 19.9 Å². The molecule has 2 N–H and O–H groups in total. The second-order valence-corrected chi connectivity index (χ2v) is 18.6. The normalized spacial score (nSPS) is 26.9. The van der Waals surface area contributed by atoms with Crippen LogP contribution in [0.2, 0.25) is 0 Å². The number of hydrogen-bond acceptors (Lipinski definition) is 11. The van der Waals surface area contributed by atoms with Gasteiger partial charge in [-0.15, -0.1) is 0 Å². The topological polar surface area (TPSA) is 137 Å². The highest BCUT2D eigenvalue weighted by Gasteiger charge is 2.59. The number of nitrogens with zero attached hydrogens (tertiary/aromatic N) is 5. The van der Waals surface area contributed by atoms with Gasteiger partial charge < -0.3 is 10.2 Å². The molecule has 3 aliphatic heterocycles. The maximum Gasteiger partial charge on any atom is 0.267 e. The van der Waals surface area contributed by atoms with Crippen molar-refractivity contribution in [3.8, 4) is 21.8 Å². The van der Waals surface area contributed by atoms with E-state index in [9.17, 15) is 25.6 Å². The highest BCUT2D eigenvalue weighted by Crippen LogP contribution is 2.49. The third kappa shape index (κ3) is 5.62. The van der Waals surface area contributed by atoms with Gasteiger partial charge in [-0.3, -0.25) is 9.62 Å². The number of rotatable bonds is 9. The molecule has 2 aliphatic carbocycles. The summed E-state index contributed by atoms with van der Waals surface area (Å²) in [5.74, 6) is -2.96. The lowest BCUT2D eigenvalue weighted by Gasteiger charge is -2.41. The molecular weight excluding hydrogens is 712 g/mol. The standard InChI is InChI=1S/C33H32F3N7O4S3/c34-23-4-2-5-24(35)31(23)50(46,47)41-25-6-1-3-20(27(25)36)29-30(26-11-12-37-32(38-26)39-28-21-15-49(44,45)16-22(21)28)48-33(40-29)43-18-9-10-19(43)14-42(13-18)17-7-8-17/h1-6,11-12,17-19,21-22,28,41H,7-10,13-16H2,(H,37,38,39)/t18?,19?,21-,22+,28+. The lowest BCUT2D eigenvalue weighted by atomic mass is 10.1. The highest BCUT2D eigenvalue weighted by atomic mass is 32.2. The van der Waals surface area contributed by atoms with Crippen LogP contribution in [0.3, 0.4) is 0 Å². The lowest BCUT2D eigenvalue weighted by Crippen LogP contribution is -2.54. The van der Waals surface area contributed by atoms with E-state index in [-0.39, 0.29) is 52.7 Å². The minimum absolute atomic E-state index is 0.0149. The Morgan fingerprint density at radius 2 is 1.52 bits per heavy atom. The van der Waals surface area contributed by atoms with Gasteiger partial charge >= 0.3 is 0 Å². The Morgan fingerprint density at radius 1 is 0.860 bits per heavy atom. The van der Waals surface area contributed by atoms with Crippen molar-refractivity contribution in [2.75, 3.05) is 39.5 Å². The van der Waals surface area contributed by atoms with Crippen LogP contribution in [-0.2, 0) is 19.9 Å². The van der Waals surface area contributed by atoms with E-state index >= 15 is 4.39 Å². The zero-order valence-corrected chi connectivity index (χ0v) is 28.9. The molecule has 0 amide bonds. The fourth-order valence-corrected chi connectivity index (χ4v) is 12.6. The van der Waals surface area contributed by atoms with Gasteiger partial charge in [0.05, 0.1) is 33.5 Å². The summed E-state index contributed by atoms with van der Waals surface area (Å²) in [6.07, 6.45) is 6.03. The zero-order valence-electron chi connectivity index (χ0n) is 26.5. The molecule has 5 atom stereocenters. The number of hydrogen-bond donors (Lipinski definition) is 2. The van der Waals surface area contributed by atoms with Gasteiger partial charge in [0.15, 0.2) is 25.7 Å². The van der Waals surface area contributed by atoms with Crippen LogP contribution >= 0.6 is 11.3 Å². The molecule has 2 bridgehead atoms. The maximum atomic E-state index is 16.5. The minimum Gasteiger partial charge on any atom is -0.351 e. The molecule has 50 heavy (non-hydrogen) atoms. The number of sulfonamides is 1. The first kappa shape index (κ1) is 32.1. The molecular formula is C33H32F3N7O4S3. The van der Waals surface area contributed by atoms with Crippen LogP contribution in [0.15, 0.2) is 53.6 Å². The predicted octanol–water partition coefficient (Wildman–Crippen LogP) is 4.76. The molecule has 0 radical (unpaired) electrons. The fourth-order valence-electron chi connectivity index (χ4n) is 7.96. The van der Waals surface area contributed by atoms with Gasteiger partial charge in [0.25, 0.3) is 10.0 Å². The van der Waals surface area contributed by atoms with Gasteiger partial charge in [0.1, 0.15) is 11.6 Å². The van der Waals surface area contributed by atoms with E-state index in [1.165, 1.54) is 42.4 Å². The molecule has 2 aromatic carbocycles. The van der Waals surface area contributed by atoms with Crippen molar-refractivity contribution in [3.05, 3.63) is 66.1 Å². The van der Waals surface area contributed by atoms with Crippen LogP contribution < -0.4 is 14.9 Å². The molecule has 11 nitrogen and oxygen atoms in total. The number of aromatic nitrogens is 3. The summed E-state index contributed by atoms with van der Waals surface area (Å²) >= 11 is 1.37. The van der Waals surface area contributed by atoms with Crippen LogP contribution in [0.1, 0.15) is 25.7 Å². The van der Waals surface area contributed by atoms with E-state index in [2.05, 4.69) is 20.1 Å². The molecule has 262 valence electrons. The smallest absolute Gasteiger partial charge is 0.267 e. The Bertz CT molecular complexity index is 2200. The first-order chi connectivity index (χ1) is 24.0. The number of nitrogens with one attached hydrogen (secondary N) is 2. The van der Waals surface area contributed by atoms with Gasteiger partial charge in [-0.1, -0.05) is 23.5 Å². The third-order valence-corrected chi connectivity index (χ3v) is 14.8. The maximum absolute atomic E-state index is 16.5. The Hall–Kier alpha value is -3.80. The molecule has 17 heteroatoms. The summed E-state index contributed by atoms with van der Waals surface area (Å²) in [5.41, 5.74) is 0.186. The zero-order chi connectivity index (χ0) is 34.5. The van der Waals surface area contributed by atoms with Crippen LogP contribution in [0.4, 0.5) is 29.9 Å². The van der Waals surface area contributed by atoms with E-state index < -0.39 is 47.9 Å². The number of halogens is 3. The van der Waals surface area contributed by atoms with Crippen LogP contribution in [0, 0.1) is 29.3 Å². The van der Waals surface area contributed by atoms with Crippen LogP contribution in [0.5, 0.6) is 0 Å². The molecule has 2 unspecified atom stereocenters. The molecule has 3 saturated heterocycles.